The van der Waals surface area contributed by atoms with Gasteiger partial charge < -0.3 is 5.32 Å². The number of rotatable bonds is 3. The van der Waals surface area contributed by atoms with Crippen LogP contribution in [0.3, 0.4) is 0 Å². The minimum Gasteiger partial charge on any atom is -0.310 e. The van der Waals surface area contributed by atoms with E-state index in [0.29, 0.717) is 17.5 Å². The third-order valence-corrected chi connectivity index (χ3v) is 2.64. The van der Waals surface area contributed by atoms with Gasteiger partial charge in [-0.3, -0.25) is 4.90 Å². The molecule has 1 aliphatic heterocycles. The monoisotopic (exact) mass is 188 g/mol. The van der Waals surface area contributed by atoms with E-state index < -0.39 is 0 Å². The highest BCUT2D eigenvalue weighted by atomic mass is 32.1. The lowest BCUT2D eigenvalue weighted by Crippen LogP contribution is -2.38. The molecule has 72 valence electrons. The van der Waals surface area contributed by atoms with Gasteiger partial charge in [-0.1, -0.05) is 13.8 Å². The van der Waals surface area contributed by atoms with Crippen molar-refractivity contribution in [2.45, 2.75) is 44.6 Å². The molecule has 3 heteroatoms. The van der Waals surface area contributed by atoms with Gasteiger partial charge in [-0.05, 0) is 13.3 Å². The molecular weight excluding hydrogens is 168 g/mol. The molecular formula is C9H20N2S. The van der Waals surface area contributed by atoms with Gasteiger partial charge in [0, 0.05) is 30.5 Å². The highest BCUT2D eigenvalue weighted by Gasteiger charge is 2.24. The molecule has 0 spiro atoms. The first kappa shape index (κ1) is 10.4. The summed E-state index contributed by atoms with van der Waals surface area (Å²) >= 11 is 4.42. The Morgan fingerprint density at radius 2 is 2.08 bits per heavy atom. The first-order valence-corrected chi connectivity index (χ1v) is 5.29. The van der Waals surface area contributed by atoms with Gasteiger partial charge in [0.05, 0.1) is 0 Å². The average molecular weight is 188 g/mol. The molecule has 2 nitrogen and oxygen atoms in total. The lowest BCUT2D eigenvalue weighted by atomic mass is 10.2. The van der Waals surface area contributed by atoms with E-state index in [1.165, 1.54) is 13.0 Å². The fourth-order valence-corrected chi connectivity index (χ4v) is 1.94. The van der Waals surface area contributed by atoms with Crippen LogP contribution in [0.1, 0.15) is 27.2 Å². The quantitative estimate of drug-likeness (QED) is 0.650. The molecule has 0 aromatic carbocycles. The van der Waals surface area contributed by atoms with Crippen LogP contribution in [0.5, 0.6) is 0 Å². The van der Waals surface area contributed by atoms with Gasteiger partial charge in [-0.25, -0.2) is 0 Å². The second-order valence-electron chi connectivity index (χ2n) is 3.93. The zero-order valence-corrected chi connectivity index (χ0v) is 9.14. The fraction of sp³-hybridized carbons (Fsp3) is 1.00. The van der Waals surface area contributed by atoms with Crippen molar-refractivity contribution in [2.24, 2.45) is 0 Å². The summed E-state index contributed by atoms with van der Waals surface area (Å²) in [5.74, 6) is 0. The summed E-state index contributed by atoms with van der Waals surface area (Å²) in [5.41, 5.74) is 0. The van der Waals surface area contributed by atoms with E-state index in [1.807, 2.05) is 0 Å². The third kappa shape index (κ3) is 2.96. The van der Waals surface area contributed by atoms with Crippen LogP contribution in [-0.4, -0.2) is 35.4 Å². The second kappa shape index (κ2) is 4.49. The summed E-state index contributed by atoms with van der Waals surface area (Å²) in [5, 5.41) is 3.96. The molecule has 1 saturated heterocycles. The van der Waals surface area contributed by atoms with Gasteiger partial charge in [0.15, 0.2) is 0 Å². The van der Waals surface area contributed by atoms with Gasteiger partial charge in [0.1, 0.15) is 0 Å². The Hall–Kier alpha value is 0.270. The van der Waals surface area contributed by atoms with E-state index >= 15 is 0 Å². The van der Waals surface area contributed by atoms with Crippen molar-refractivity contribution in [3.63, 3.8) is 0 Å². The van der Waals surface area contributed by atoms with E-state index in [-0.39, 0.29) is 0 Å². The second-order valence-corrected chi connectivity index (χ2v) is 4.68. The summed E-state index contributed by atoms with van der Waals surface area (Å²) in [6.07, 6.45) is 1.27. The smallest absolute Gasteiger partial charge is 0.0499 e. The summed E-state index contributed by atoms with van der Waals surface area (Å²) in [7, 11) is 0. The Kier molecular flexibility index (Phi) is 3.87. The zero-order valence-electron chi connectivity index (χ0n) is 8.25. The lowest BCUT2D eigenvalue weighted by Gasteiger charge is -2.20. The maximum absolute atomic E-state index is 4.42. The molecule has 1 N–H and O–H groups in total. The van der Waals surface area contributed by atoms with Crippen LogP contribution < -0.4 is 5.32 Å². The average Bonchev–Trinajstić information content (AvgIpc) is 2.34. The van der Waals surface area contributed by atoms with Gasteiger partial charge in [-0.15, -0.1) is 0 Å². The topological polar surface area (TPSA) is 15.3 Å². The molecule has 0 bridgehead atoms. The summed E-state index contributed by atoms with van der Waals surface area (Å²) in [6.45, 7) is 8.89. The molecule has 2 unspecified atom stereocenters. The predicted octanol–water partition coefficient (Wildman–Crippen LogP) is 1.33. The highest BCUT2D eigenvalue weighted by Crippen LogP contribution is 2.14. The van der Waals surface area contributed by atoms with Crippen LogP contribution in [0.4, 0.5) is 0 Å². The van der Waals surface area contributed by atoms with E-state index in [2.05, 4.69) is 43.6 Å². The number of nitrogens with one attached hydrogen (secondary N) is 1. The lowest BCUT2D eigenvalue weighted by molar-refractivity contribution is 0.319. The van der Waals surface area contributed by atoms with Gasteiger partial charge in [-0.2, -0.15) is 12.6 Å². The van der Waals surface area contributed by atoms with Crippen molar-refractivity contribution in [3.05, 3.63) is 0 Å². The van der Waals surface area contributed by atoms with Crippen LogP contribution in [0.25, 0.3) is 0 Å². The third-order valence-electron chi connectivity index (χ3n) is 2.32. The van der Waals surface area contributed by atoms with Crippen molar-refractivity contribution in [3.8, 4) is 0 Å². The molecule has 0 aromatic rings. The van der Waals surface area contributed by atoms with Gasteiger partial charge in [0.2, 0.25) is 0 Å². The summed E-state index contributed by atoms with van der Waals surface area (Å²) < 4.78 is 0. The Morgan fingerprint density at radius 1 is 1.42 bits per heavy atom. The first-order chi connectivity index (χ1) is 5.59. The minimum atomic E-state index is 0.406. The Morgan fingerprint density at radius 3 is 2.50 bits per heavy atom. The molecule has 1 fully saturated rings. The van der Waals surface area contributed by atoms with Gasteiger partial charge >= 0.3 is 0 Å². The summed E-state index contributed by atoms with van der Waals surface area (Å²) in [4.78, 5) is 2.41. The molecule has 1 aliphatic rings. The largest absolute Gasteiger partial charge is 0.310 e. The number of nitrogens with zero attached hydrogens (tertiary/aromatic N) is 1. The zero-order chi connectivity index (χ0) is 9.14. The normalized spacial score (nSPS) is 28.2. The minimum absolute atomic E-state index is 0.406. The molecule has 1 heterocycles. The van der Waals surface area contributed by atoms with Crippen LogP contribution in [-0.2, 0) is 0 Å². The van der Waals surface area contributed by atoms with Crippen molar-refractivity contribution in [2.75, 3.05) is 13.1 Å². The van der Waals surface area contributed by atoms with E-state index in [0.717, 1.165) is 6.54 Å². The molecule has 0 saturated carbocycles. The fourth-order valence-electron chi connectivity index (χ4n) is 1.73. The van der Waals surface area contributed by atoms with E-state index in [1.54, 1.807) is 0 Å². The molecule has 0 radical (unpaired) electrons. The number of hydrogen-bond acceptors (Lipinski definition) is 3. The molecule has 0 aromatic heterocycles. The molecule has 0 aliphatic carbocycles. The molecule has 2 atom stereocenters. The maximum Gasteiger partial charge on any atom is 0.0499 e. The van der Waals surface area contributed by atoms with Crippen LogP contribution in [0.15, 0.2) is 0 Å². The standard InChI is InChI=1S/C9H20N2S/c1-7(2)10-9-4-5-11(6-9)8(3)12/h7-10,12H,4-6H2,1-3H3. The van der Waals surface area contributed by atoms with E-state index in [9.17, 15) is 0 Å². The Labute approximate surface area is 81.1 Å². The Bertz CT molecular complexity index is 136. The van der Waals surface area contributed by atoms with Crippen molar-refractivity contribution < 1.29 is 0 Å². The highest BCUT2D eigenvalue weighted by molar-refractivity contribution is 7.80. The van der Waals surface area contributed by atoms with Gasteiger partial charge in [0.25, 0.3) is 0 Å². The maximum atomic E-state index is 4.42. The SMILES string of the molecule is CC(C)NC1CCN(C(C)S)C1. The van der Waals surface area contributed by atoms with E-state index in [4.69, 9.17) is 0 Å². The molecule has 12 heavy (non-hydrogen) atoms. The van der Waals surface area contributed by atoms with Crippen LogP contribution >= 0.6 is 12.6 Å². The molecule has 0 amide bonds. The summed E-state index contributed by atoms with van der Waals surface area (Å²) in [6, 6.07) is 1.28. The first-order valence-electron chi connectivity index (χ1n) is 4.77. The van der Waals surface area contributed by atoms with Crippen molar-refractivity contribution in [1.29, 1.82) is 0 Å². The Balaban J connectivity index is 2.26. The van der Waals surface area contributed by atoms with Crippen LogP contribution in [0, 0.1) is 0 Å². The van der Waals surface area contributed by atoms with Crippen molar-refractivity contribution in [1.82, 2.24) is 10.2 Å². The number of thiol groups is 1. The molecule has 1 rings (SSSR count). The number of likely N-dealkylation sites (tertiary alicyclic amines) is 1. The number of hydrogen-bond donors (Lipinski definition) is 2. The predicted molar refractivity (Wildman–Crippen MR) is 56.7 cm³/mol. The van der Waals surface area contributed by atoms with Crippen molar-refractivity contribution >= 4 is 12.6 Å². The van der Waals surface area contributed by atoms with Crippen LogP contribution in [0.2, 0.25) is 0 Å².